The fraction of sp³-hybridized carbons (Fsp3) is 0.444. The number of hydrogen-bond acceptors (Lipinski definition) is 3. The fourth-order valence-corrected chi connectivity index (χ4v) is 3.52. The molecule has 2 aromatic rings. The molecule has 2 heterocycles. The van der Waals surface area contributed by atoms with Gasteiger partial charge in [0.1, 0.15) is 5.60 Å². The number of nitrogens with zero attached hydrogens (tertiary/aromatic N) is 3. The highest BCUT2D eigenvalue weighted by Crippen LogP contribution is 2.29. The Morgan fingerprint density at radius 3 is 2.83 bits per heavy atom. The summed E-state index contributed by atoms with van der Waals surface area (Å²) in [5.74, 6) is 0. The first-order valence-electron chi connectivity index (χ1n) is 8.06. The maximum atomic E-state index is 12.3. The monoisotopic (exact) mass is 391 g/mol. The molecule has 6 heteroatoms. The van der Waals surface area contributed by atoms with Gasteiger partial charge in [0.25, 0.3) is 0 Å². The van der Waals surface area contributed by atoms with Gasteiger partial charge in [-0.2, -0.15) is 0 Å². The van der Waals surface area contributed by atoms with Crippen LogP contribution >= 0.6 is 15.9 Å². The number of hydrogen-bond donors (Lipinski definition) is 0. The lowest BCUT2D eigenvalue weighted by molar-refractivity contribution is 0.0223. The molecule has 1 aromatic heterocycles. The minimum absolute atomic E-state index is 0.248. The number of fused-ring (bicyclic) bond motifs is 1. The van der Waals surface area contributed by atoms with Crippen LogP contribution < -0.4 is 0 Å². The molecule has 1 amide bonds. The fourth-order valence-electron chi connectivity index (χ4n) is 2.85. The summed E-state index contributed by atoms with van der Waals surface area (Å²) in [6.07, 6.45) is 6.15. The number of imidazole rings is 1. The molecule has 1 aliphatic heterocycles. The van der Waals surface area contributed by atoms with Crippen LogP contribution in [0.3, 0.4) is 0 Å². The SMILES string of the molecule is CC(C)(C)OC(=O)N1CCc2cc(Cn3ccnc3)cc(Br)c2C1. The number of carbonyl (C=O) groups is 1. The third-order valence-corrected chi connectivity index (χ3v) is 4.63. The smallest absolute Gasteiger partial charge is 0.410 e. The molecule has 0 N–H and O–H groups in total. The van der Waals surface area contributed by atoms with Gasteiger partial charge in [-0.1, -0.05) is 22.0 Å². The van der Waals surface area contributed by atoms with Crippen molar-refractivity contribution in [3.05, 3.63) is 52.0 Å². The average molecular weight is 392 g/mol. The van der Waals surface area contributed by atoms with Crippen molar-refractivity contribution in [3.8, 4) is 0 Å². The van der Waals surface area contributed by atoms with Crippen molar-refractivity contribution in [1.29, 1.82) is 0 Å². The number of aromatic nitrogens is 2. The molecular formula is C18H22BrN3O2. The molecule has 3 rings (SSSR count). The molecule has 0 spiro atoms. The molecule has 24 heavy (non-hydrogen) atoms. The zero-order valence-corrected chi connectivity index (χ0v) is 15.8. The van der Waals surface area contributed by atoms with Gasteiger partial charge in [0.05, 0.1) is 12.9 Å². The van der Waals surface area contributed by atoms with Crippen LogP contribution in [0.2, 0.25) is 0 Å². The van der Waals surface area contributed by atoms with Crippen LogP contribution in [0.15, 0.2) is 35.3 Å². The van der Waals surface area contributed by atoms with Crippen LogP contribution in [-0.2, 0) is 24.2 Å². The van der Waals surface area contributed by atoms with Crippen LogP contribution in [0, 0.1) is 0 Å². The summed E-state index contributed by atoms with van der Waals surface area (Å²) in [6.45, 7) is 7.73. The maximum absolute atomic E-state index is 12.3. The van der Waals surface area contributed by atoms with E-state index < -0.39 is 5.60 Å². The molecule has 1 aliphatic rings. The van der Waals surface area contributed by atoms with Crippen molar-refractivity contribution in [3.63, 3.8) is 0 Å². The van der Waals surface area contributed by atoms with Crippen molar-refractivity contribution in [1.82, 2.24) is 14.5 Å². The normalized spacial score (nSPS) is 14.4. The number of rotatable bonds is 2. The van der Waals surface area contributed by atoms with E-state index in [0.717, 1.165) is 17.4 Å². The standard InChI is InChI=1S/C18H22BrN3O2/c1-18(2,3)24-17(23)22-6-4-14-8-13(9-16(19)15(14)11-22)10-21-7-5-20-12-21/h5,7-9,12H,4,6,10-11H2,1-3H3. The third-order valence-electron chi connectivity index (χ3n) is 3.92. The molecule has 5 nitrogen and oxygen atoms in total. The topological polar surface area (TPSA) is 47.4 Å². The number of ether oxygens (including phenoxy) is 1. The van der Waals surface area contributed by atoms with E-state index in [4.69, 9.17) is 4.74 Å². The van der Waals surface area contributed by atoms with Crippen molar-refractivity contribution >= 4 is 22.0 Å². The molecule has 0 saturated heterocycles. The molecule has 1 aromatic carbocycles. The summed E-state index contributed by atoms with van der Waals surface area (Å²) >= 11 is 3.67. The van der Waals surface area contributed by atoms with Gasteiger partial charge < -0.3 is 14.2 Å². The van der Waals surface area contributed by atoms with Crippen LogP contribution in [-0.4, -0.2) is 32.7 Å². The Balaban J connectivity index is 1.76. The van der Waals surface area contributed by atoms with E-state index in [1.165, 1.54) is 16.7 Å². The maximum Gasteiger partial charge on any atom is 0.410 e. The first-order valence-corrected chi connectivity index (χ1v) is 8.85. The third kappa shape index (κ3) is 3.98. The lowest BCUT2D eigenvalue weighted by Crippen LogP contribution is -2.40. The van der Waals surface area contributed by atoms with Crippen LogP contribution in [0.1, 0.15) is 37.5 Å². The van der Waals surface area contributed by atoms with Gasteiger partial charge in [0.2, 0.25) is 0 Å². The second-order valence-corrected chi connectivity index (χ2v) is 7.96. The Morgan fingerprint density at radius 2 is 2.17 bits per heavy atom. The van der Waals surface area contributed by atoms with Crippen LogP contribution in [0.5, 0.6) is 0 Å². The molecule has 0 bridgehead atoms. The molecule has 0 unspecified atom stereocenters. The Morgan fingerprint density at radius 1 is 1.38 bits per heavy atom. The molecule has 128 valence electrons. The summed E-state index contributed by atoms with van der Waals surface area (Å²) in [5.41, 5.74) is 3.22. The van der Waals surface area contributed by atoms with E-state index in [2.05, 4.69) is 33.0 Å². The van der Waals surface area contributed by atoms with Gasteiger partial charge in [-0.05, 0) is 49.9 Å². The summed E-state index contributed by atoms with van der Waals surface area (Å²) in [6, 6.07) is 4.35. The molecule has 0 radical (unpaired) electrons. The quantitative estimate of drug-likeness (QED) is 0.777. The van der Waals surface area contributed by atoms with Gasteiger partial charge in [-0.3, -0.25) is 0 Å². The lowest BCUT2D eigenvalue weighted by Gasteiger charge is -2.32. The first kappa shape index (κ1) is 17.0. The highest BCUT2D eigenvalue weighted by molar-refractivity contribution is 9.10. The predicted molar refractivity (Wildman–Crippen MR) is 95.8 cm³/mol. The Hall–Kier alpha value is -1.82. The molecule has 0 atom stereocenters. The van der Waals surface area contributed by atoms with E-state index in [1.807, 2.05) is 37.9 Å². The summed E-state index contributed by atoms with van der Waals surface area (Å²) in [7, 11) is 0. The van der Waals surface area contributed by atoms with Crippen molar-refractivity contribution in [2.45, 2.75) is 45.9 Å². The van der Waals surface area contributed by atoms with E-state index in [-0.39, 0.29) is 6.09 Å². The van der Waals surface area contributed by atoms with Gasteiger partial charge in [0.15, 0.2) is 0 Å². The second kappa shape index (κ2) is 6.59. The Labute approximate surface area is 150 Å². The van der Waals surface area contributed by atoms with Crippen molar-refractivity contribution in [2.24, 2.45) is 0 Å². The number of amides is 1. The van der Waals surface area contributed by atoms with Gasteiger partial charge >= 0.3 is 6.09 Å². The first-order chi connectivity index (χ1) is 11.3. The van der Waals surface area contributed by atoms with Gasteiger partial charge in [-0.25, -0.2) is 9.78 Å². The van der Waals surface area contributed by atoms with E-state index in [0.29, 0.717) is 13.1 Å². The zero-order valence-electron chi connectivity index (χ0n) is 14.3. The summed E-state index contributed by atoms with van der Waals surface area (Å²) < 4.78 is 8.58. The largest absolute Gasteiger partial charge is 0.444 e. The van der Waals surface area contributed by atoms with Crippen molar-refractivity contribution < 1.29 is 9.53 Å². The number of carbonyl (C=O) groups excluding carboxylic acids is 1. The molecule has 0 fully saturated rings. The summed E-state index contributed by atoms with van der Waals surface area (Å²) in [4.78, 5) is 18.1. The molecule has 0 saturated carbocycles. The minimum atomic E-state index is -0.469. The molecular weight excluding hydrogens is 370 g/mol. The Bertz CT molecular complexity index is 735. The lowest BCUT2D eigenvalue weighted by atomic mass is 9.97. The predicted octanol–water partition coefficient (Wildman–Crippen LogP) is 3.99. The zero-order chi connectivity index (χ0) is 17.3. The van der Waals surface area contributed by atoms with Gasteiger partial charge in [0, 0.05) is 30.0 Å². The van der Waals surface area contributed by atoms with Crippen molar-refractivity contribution in [2.75, 3.05) is 6.54 Å². The number of benzene rings is 1. The van der Waals surface area contributed by atoms with E-state index in [9.17, 15) is 4.79 Å². The van der Waals surface area contributed by atoms with Crippen LogP contribution in [0.4, 0.5) is 4.79 Å². The highest BCUT2D eigenvalue weighted by Gasteiger charge is 2.27. The molecule has 0 aliphatic carbocycles. The van der Waals surface area contributed by atoms with E-state index >= 15 is 0 Å². The van der Waals surface area contributed by atoms with Crippen LogP contribution in [0.25, 0.3) is 0 Å². The minimum Gasteiger partial charge on any atom is -0.444 e. The van der Waals surface area contributed by atoms with Gasteiger partial charge in [-0.15, -0.1) is 0 Å². The summed E-state index contributed by atoms with van der Waals surface area (Å²) in [5, 5.41) is 0. The highest BCUT2D eigenvalue weighted by atomic mass is 79.9. The second-order valence-electron chi connectivity index (χ2n) is 7.10. The Kier molecular flexibility index (Phi) is 4.67. The average Bonchev–Trinajstić information content (AvgIpc) is 2.98. The van der Waals surface area contributed by atoms with E-state index in [1.54, 1.807) is 11.1 Å². The number of halogens is 1.